The smallest absolute Gasteiger partial charge is 0.273 e. The van der Waals surface area contributed by atoms with Crippen LogP contribution < -0.4 is 15.4 Å². The van der Waals surface area contributed by atoms with Crippen molar-refractivity contribution in [2.75, 3.05) is 0 Å². The molecule has 5 heteroatoms. The van der Waals surface area contributed by atoms with Crippen molar-refractivity contribution in [1.82, 2.24) is 10.9 Å². The normalized spacial score (nSPS) is 10.6. The molecule has 1 aromatic heterocycles. The molecule has 0 aliphatic rings. The van der Waals surface area contributed by atoms with E-state index in [1.165, 1.54) is 70.6 Å². The molecular formula is C23H40N3O2+. The van der Waals surface area contributed by atoms with Gasteiger partial charge >= 0.3 is 5.91 Å². The lowest BCUT2D eigenvalue weighted by Crippen LogP contribution is -2.48. The van der Waals surface area contributed by atoms with Crippen LogP contribution in [0.4, 0.5) is 0 Å². The highest BCUT2D eigenvalue weighted by molar-refractivity contribution is 5.81. The van der Waals surface area contributed by atoms with Crippen LogP contribution in [0.3, 0.4) is 0 Å². The third-order valence-electron chi connectivity index (χ3n) is 4.95. The Balaban J connectivity index is 1.85. The number of unbranched alkanes of at least 4 members (excludes halogenated alkanes) is 12. The van der Waals surface area contributed by atoms with Crippen molar-refractivity contribution >= 4 is 11.8 Å². The summed E-state index contributed by atoms with van der Waals surface area (Å²) in [6.07, 6.45) is 20.9. The molecule has 0 aromatic carbocycles. The molecule has 1 rings (SSSR count). The first-order valence-electron chi connectivity index (χ1n) is 11.2. The summed E-state index contributed by atoms with van der Waals surface area (Å²) in [7, 11) is 0. The van der Waals surface area contributed by atoms with Crippen LogP contribution in [-0.4, -0.2) is 11.8 Å². The fourth-order valence-corrected chi connectivity index (χ4v) is 3.25. The predicted molar refractivity (Wildman–Crippen MR) is 113 cm³/mol. The van der Waals surface area contributed by atoms with E-state index in [4.69, 9.17) is 0 Å². The Hall–Kier alpha value is -1.91. The van der Waals surface area contributed by atoms with E-state index in [1.807, 2.05) is 30.6 Å². The lowest BCUT2D eigenvalue weighted by Gasteiger charge is -2.06. The van der Waals surface area contributed by atoms with Gasteiger partial charge in [-0.25, -0.2) is 0 Å². The van der Waals surface area contributed by atoms with Crippen LogP contribution in [0, 0.1) is 0 Å². The second kappa shape index (κ2) is 17.2. The molecule has 158 valence electrons. The van der Waals surface area contributed by atoms with Crippen LogP contribution in [0.15, 0.2) is 30.6 Å². The van der Waals surface area contributed by atoms with Crippen molar-refractivity contribution in [1.29, 1.82) is 0 Å². The molecule has 0 atom stereocenters. The average Bonchev–Trinajstić information content (AvgIpc) is 2.70. The molecule has 0 unspecified atom stereocenters. The molecule has 0 aliphatic heterocycles. The van der Waals surface area contributed by atoms with E-state index in [1.54, 1.807) is 4.57 Å². The molecule has 0 aliphatic carbocycles. The maximum Gasteiger partial charge on any atom is 0.304 e. The lowest BCUT2D eigenvalue weighted by molar-refractivity contribution is -0.684. The van der Waals surface area contributed by atoms with Gasteiger partial charge in [0.15, 0.2) is 12.4 Å². The van der Waals surface area contributed by atoms with Gasteiger partial charge in [-0.05, 0) is 6.42 Å². The first kappa shape index (κ1) is 24.1. The summed E-state index contributed by atoms with van der Waals surface area (Å²) in [5, 5.41) is 0. The summed E-state index contributed by atoms with van der Waals surface area (Å²) >= 11 is 0. The van der Waals surface area contributed by atoms with E-state index in [0.717, 1.165) is 12.8 Å². The highest BCUT2D eigenvalue weighted by Crippen LogP contribution is 2.12. The number of rotatable bonds is 16. The number of nitrogens with one attached hydrogen (secondary N) is 2. The molecule has 0 radical (unpaired) electrons. The number of pyridine rings is 1. The first-order valence-corrected chi connectivity index (χ1v) is 11.2. The summed E-state index contributed by atoms with van der Waals surface area (Å²) in [6.45, 7) is 2.45. The predicted octanol–water partition coefficient (Wildman–Crippen LogP) is 4.60. The zero-order valence-corrected chi connectivity index (χ0v) is 17.8. The van der Waals surface area contributed by atoms with Crippen molar-refractivity contribution in [3.63, 3.8) is 0 Å². The quantitative estimate of drug-likeness (QED) is 0.246. The van der Waals surface area contributed by atoms with Crippen LogP contribution >= 0.6 is 0 Å². The molecular weight excluding hydrogens is 350 g/mol. The maximum atomic E-state index is 11.8. The Morgan fingerprint density at radius 2 is 1.11 bits per heavy atom. The molecule has 0 saturated carbocycles. The van der Waals surface area contributed by atoms with Gasteiger partial charge in [-0.3, -0.25) is 20.4 Å². The maximum absolute atomic E-state index is 11.8. The topological polar surface area (TPSA) is 62.1 Å². The van der Waals surface area contributed by atoms with Crippen LogP contribution in [0.1, 0.15) is 96.8 Å². The molecule has 0 bridgehead atoms. The Labute approximate surface area is 171 Å². The first-order chi connectivity index (χ1) is 13.7. The standard InChI is InChI=1S/C23H39N3O2/c1-2-3-4-5-6-7-8-9-10-11-12-13-15-18-22(27)24-25-23(28)21-26-19-16-14-17-20-26/h14,16-17,19-20H,2-13,15,18,21H2,1H3,(H-,24,25,27,28)/p+1. The minimum Gasteiger partial charge on any atom is -0.273 e. The summed E-state index contributed by atoms with van der Waals surface area (Å²) in [6, 6.07) is 5.62. The van der Waals surface area contributed by atoms with Crippen LogP contribution in [0.25, 0.3) is 0 Å². The zero-order valence-electron chi connectivity index (χ0n) is 17.8. The highest BCUT2D eigenvalue weighted by Gasteiger charge is 2.09. The van der Waals surface area contributed by atoms with Gasteiger partial charge < -0.3 is 0 Å². The van der Waals surface area contributed by atoms with E-state index < -0.39 is 0 Å². The molecule has 2 N–H and O–H groups in total. The molecule has 0 spiro atoms. The van der Waals surface area contributed by atoms with Crippen molar-refractivity contribution in [2.24, 2.45) is 0 Å². The molecule has 0 saturated heterocycles. The number of aromatic nitrogens is 1. The number of carbonyl (C=O) groups excluding carboxylic acids is 2. The van der Waals surface area contributed by atoms with Gasteiger partial charge in [0.25, 0.3) is 0 Å². The Bertz CT molecular complexity index is 520. The summed E-state index contributed by atoms with van der Waals surface area (Å²) in [5.41, 5.74) is 4.96. The molecule has 1 aromatic rings. The number of nitrogens with zero attached hydrogens (tertiary/aromatic N) is 1. The van der Waals surface area contributed by atoms with E-state index in [-0.39, 0.29) is 18.4 Å². The molecule has 2 amide bonds. The van der Waals surface area contributed by atoms with Gasteiger partial charge in [-0.1, -0.05) is 90.0 Å². The van der Waals surface area contributed by atoms with Crippen molar-refractivity contribution in [3.8, 4) is 0 Å². The van der Waals surface area contributed by atoms with Crippen LogP contribution in [-0.2, 0) is 16.1 Å². The third kappa shape index (κ3) is 14.2. The van der Waals surface area contributed by atoms with Gasteiger partial charge in [0.05, 0.1) is 0 Å². The molecule has 0 fully saturated rings. The van der Waals surface area contributed by atoms with Crippen LogP contribution in [0.5, 0.6) is 0 Å². The van der Waals surface area contributed by atoms with E-state index in [0.29, 0.717) is 6.42 Å². The SMILES string of the molecule is CCCCCCCCCCCCCCCC(=O)NNC(=O)C[n+]1ccccc1. The van der Waals surface area contributed by atoms with Crippen molar-refractivity contribution < 1.29 is 14.2 Å². The van der Waals surface area contributed by atoms with Gasteiger partial charge in [0, 0.05) is 18.6 Å². The fraction of sp³-hybridized carbons (Fsp3) is 0.696. The molecule has 1 heterocycles. The van der Waals surface area contributed by atoms with Gasteiger partial charge in [0.1, 0.15) is 0 Å². The highest BCUT2D eigenvalue weighted by atomic mass is 16.2. The minimum absolute atomic E-state index is 0.116. The number of hydrazine groups is 1. The fourth-order valence-electron chi connectivity index (χ4n) is 3.25. The Kier molecular flexibility index (Phi) is 14.8. The van der Waals surface area contributed by atoms with E-state index in [2.05, 4.69) is 17.8 Å². The summed E-state index contributed by atoms with van der Waals surface area (Å²) < 4.78 is 1.76. The monoisotopic (exact) mass is 390 g/mol. The van der Waals surface area contributed by atoms with Gasteiger partial charge in [-0.15, -0.1) is 0 Å². The van der Waals surface area contributed by atoms with Crippen molar-refractivity contribution in [3.05, 3.63) is 30.6 Å². The number of amides is 2. The number of hydrogen-bond donors (Lipinski definition) is 2. The number of hydrogen-bond acceptors (Lipinski definition) is 2. The minimum atomic E-state index is -0.227. The zero-order chi connectivity index (χ0) is 20.3. The second-order valence-corrected chi connectivity index (χ2v) is 7.64. The summed E-state index contributed by atoms with van der Waals surface area (Å²) in [4.78, 5) is 23.5. The third-order valence-corrected chi connectivity index (χ3v) is 4.95. The lowest BCUT2D eigenvalue weighted by atomic mass is 10.0. The average molecular weight is 391 g/mol. The van der Waals surface area contributed by atoms with Gasteiger partial charge in [-0.2, -0.15) is 4.57 Å². The molecule has 28 heavy (non-hydrogen) atoms. The Morgan fingerprint density at radius 3 is 1.64 bits per heavy atom. The van der Waals surface area contributed by atoms with E-state index >= 15 is 0 Å². The Morgan fingerprint density at radius 1 is 0.643 bits per heavy atom. The second-order valence-electron chi connectivity index (χ2n) is 7.64. The van der Waals surface area contributed by atoms with Crippen molar-refractivity contribution in [2.45, 2.75) is 103 Å². The number of carbonyl (C=O) groups is 2. The summed E-state index contributed by atoms with van der Waals surface area (Å²) in [5.74, 6) is -0.343. The van der Waals surface area contributed by atoms with E-state index in [9.17, 15) is 9.59 Å². The van der Waals surface area contributed by atoms with Crippen LogP contribution in [0.2, 0.25) is 0 Å². The molecule has 5 nitrogen and oxygen atoms in total. The largest absolute Gasteiger partial charge is 0.304 e. The van der Waals surface area contributed by atoms with Gasteiger partial charge in [0.2, 0.25) is 12.5 Å².